The summed E-state index contributed by atoms with van der Waals surface area (Å²) in [6.45, 7) is 2.89. The zero-order valence-corrected chi connectivity index (χ0v) is 9.79. The van der Waals surface area contributed by atoms with Gasteiger partial charge in [-0.05, 0) is 32.1 Å². The van der Waals surface area contributed by atoms with E-state index in [0.29, 0.717) is 18.6 Å². The number of hydrogen-bond acceptors (Lipinski definition) is 2. The molecule has 15 heavy (non-hydrogen) atoms. The number of Topliss-reactive ketones (excluding diaryl/α,β-unsaturated/α-hetero) is 1. The van der Waals surface area contributed by atoms with Gasteiger partial charge in [-0.15, -0.1) is 0 Å². The molecule has 0 bridgehead atoms. The molecule has 0 aliphatic rings. The van der Waals surface area contributed by atoms with Crippen LogP contribution in [0.25, 0.3) is 0 Å². The molecule has 0 heterocycles. The van der Waals surface area contributed by atoms with E-state index in [0.717, 1.165) is 12.1 Å². The number of rotatable bonds is 5. The Labute approximate surface area is 91.9 Å². The fourth-order valence-corrected chi connectivity index (χ4v) is 1.46. The summed E-state index contributed by atoms with van der Waals surface area (Å²) in [7, 11) is 3.97. The minimum atomic E-state index is 0.318. The highest BCUT2D eigenvalue weighted by Crippen LogP contribution is 2.08. The molecular weight excluding hydrogens is 186 g/mol. The summed E-state index contributed by atoms with van der Waals surface area (Å²) in [5.41, 5.74) is 2.36. The van der Waals surface area contributed by atoms with Gasteiger partial charge < -0.3 is 4.90 Å². The first kappa shape index (κ1) is 11.9. The third-order valence-electron chi connectivity index (χ3n) is 2.49. The molecule has 0 aliphatic carbocycles. The maximum absolute atomic E-state index is 11.6. The molecule has 0 saturated carbocycles. The van der Waals surface area contributed by atoms with Gasteiger partial charge in [0.25, 0.3) is 0 Å². The highest BCUT2D eigenvalue weighted by atomic mass is 16.1. The Hall–Kier alpha value is -1.15. The Kier molecular flexibility index (Phi) is 4.50. The number of hydrogen-bond donors (Lipinski definition) is 0. The van der Waals surface area contributed by atoms with E-state index < -0.39 is 0 Å². The van der Waals surface area contributed by atoms with E-state index in [-0.39, 0.29) is 0 Å². The van der Waals surface area contributed by atoms with Gasteiger partial charge in [0.1, 0.15) is 5.78 Å². The smallest absolute Gasteiger partial charge is 0.138 e. The summed E-state index contributed by atoms with van der Waals surface area (Å²) in [6, 6.07) is 8.07. The molecule has 0 aliphatic heterocycles. The molecule has 0 saturated heterocycles. The number of ketones is 1. The lowest BCUT2D eigenvalue weighted by Gasteiger charge is -2.09. The van der Waals surface area contributed by atoms with Crippen molar-refractivity contribution in [3.63, 3.8) is 0 Å². The van der Waals surface area contributed by atoms with Crippen LogP contribution >= 0.6 is 0 Å². The van der Waals surface area contributed by atoms with Crippen molar-refractivity contribution in [1.82, 2.24) is 4.90 Å². The van der Waals surface area contributed by atoms with Gasteiger partial charge >= 0.3 is 0 Å². The minimum absolute atomic E-state index is 0.318. The summed E-state index contributed by atoms with van der Waals surface area (Å²) < 4.78 is 0. The van der Waals surface area contributed by atoms with Crippen LogP contribution < -0.4 is 0 Å². The summed E-state index contributed by atoms with van der Waals surface area (Å²) >= 11 is 0. The molecule has 0 unspecified atom stereocenters. The Bertz CT molecular complexity index is 331. The van der Waals surface area contributed by atoms with Crippen molar-refractivity contribution in [2.24, 2.45) is 0 Å². The first-order valence-electron chi connectivity index (χ1n) is 5.30. The molecule has 82 valence electrons. The molecule has 0 amide bonds. The van der Waals surface area contributed by atoms with Crippen LogP contribution in [0.5, 0.6) is 0 Å². The second kappa shape index (κ2) is 5.66. The number of carbonyl (C=O) groups is 1. The van der Waals surface area contributed by atoms with Crippen LogP contribution in [0.3, 0.4) is 0 Å². The highest BCUT2D eigenvalue weighted by Gasteiger charge is 2.05. The Morgan fingerprint density at radius 3 is 2.53 bits per heavy atom. The molecule has 0 fully saturated rings. The molecule has 2 heteroatoms. The maximum atomic E-state index is 11.6. The first-order valence-corrected chi connectivity index (χ1v) is 5.30. The van der Waals surface area contributed by atoms with Crippen LogP contribution in [-0.2, 0) is 11.2 Å². The molecule has 2 nitrogen and oxygen atoms in total. The quantitative estimate of drug-likeness (QED) is 0.733. The standard InChI is InChI=1S/C13H19NO/c1-11-6-4-5-7-12(11)10-13(15)8-9-14(2)3/h4-7H,8-10H2,1-3H3. The molecule has 0 spiro atoms. The van der Waals surface area contributed by atoms with Crippen molar-refractivity contribution in [3.05, 3.63) is 35.4 Å². The Morgan fingerprint density at radius 2 is 1.93 bits per heavy atom. The van der Waals surface area contributed by atoms with Crippen molar-refractivity contribution >= 4 is 5.78 Å². The van der Waals surface area contributed by atoms with Gasteiger partial charge in [0, 0.05) is 19.4 Å². The van der Waals surface area contributed by atoms with Gasteiger partial charge in [0.05, 0.1) is 0 Å². The van der Waals surface area contributed by atoms with Gasteiger partial charge in [0.15, 0.2) is 0 Å². The molecule has 0 atom stereocenters. The fourth-order valence-electron chi connectivity index (χ4n) is 1.46. The summed E-state index contributed by atoms with van der Waals surface area (Å²) in [6.07, 6.45) is 1.21. The van der Waals surface area contributed by atoms with E-state index in [1.807, 2.05) is 37.2 Å². The van der Waals surface area contributed by atoms with E-state index in [4.69, 9.17) is 0 Å². The third kappa shape index (κ3) is 4.26. The zero-order valence-electron chi connectivity index (χ0n) is 9.79. The van der Waals surface area contributed by atoms with Crippen molar-refractivity contribution in [2.45, 2.75) is 19.8 Å². The second-order valence-electron chi connectivity index (χ2n) is 4.20. The average molecular weight is 205 g/mol. The number of benzene rings is 1. The van der Waals surface area contributed by atoms with Gasteiger partial charge in [-0.3, -0.25) is 4.79 Å². The predicted molar refractivity (Wildman–Crippen MR) is 63.1 cm³/mol. The molecular formula is C13H19NO. The molecule has 1 aromatic carbocycles. The van der Waals surface area contributed by atoms with Crippen LogP contribution in [0, 0.1) is 6.92 Å². The Morgan fingerprint density at radius 1 is 1.27 bits per heavy atom. The summed E-state index contributed by atoms with van der Waals surface area (Å²) in [5, 5.41) is 0. The minimum Gasteiger partial charge on any atom is -0.309 e. The number of carbonyl (C=O) groups excluding carboxylic acids is 1. The van der Waals surface area contributed by atoms with Crippen molar-refractivity contribution in [3.8, 4) is 0 Å². The van der Waals surface area contributed by atoms with Crippen LogP contribution in [0.1, 0.15) is 17.5 Å². The van der Waals surface area contributed by atoms with E-state index in [2.05, 4.69) is 13.0 Å². The maximum Gasteiger partial charge on any atom is 0.138 e. The molecule has 0 radical (unpaired) electrons. The summed E-state index contributed by atoms with van der Waals surface area (Å²) in [4.78, 5) is 13.7. The fraction of sp³-hybridized carbons (Fsp3) is 0.462. The van der Waals surface area contributed by atoms with Crippen molar-refractivity contribution in [1.29, 1.82) is 0 Å². The lowest BCUT2D eigenvalue weighted by Crippen LogP contribution is -2.17. The second-order valence-corrected chi connectivity index (χ2v) is 4.20. The van der Waals surface area contributed by atoms with Gasteiger partial charge in [-0.1, -0.05) is 24.3 Å². The van der Waals surface area contributed by atoms with Crippen LogP contribution in [0.2, 0.25) is 0 Å². The van der Waals surface area contributed by atoms with Crippen LogP contribution in [0.15, 0.2) is 24.3 Å². The lowest BCUT2D eigenvalue weighted by atomic mass is 10.0. The number of aryl methyl sites for hydroxylation is 1. The predicted octanol–water partition coefficient (Wildman–Crippen LogP) is 2.06. The molecule has 1 aromatic rings. The highest BCUT2D eigenvalue weighted by molar-refractivity contribution is 5.81. The largest absolute Gasteiger partial charge is 0.309 e. The molecule has 0 aromatic heterocycles. The van der Waals surface area contributed by atoms with E-state index in [9.17, 15) is 4.79 Å². The normalized spacial score (nSPS) is 10.7. The SMILES string of the molecule is Cc1ccccc1CC(=O)CCN(C)C. The average Bonchev–Trinajstić information content (AvgIpc) is 2.18. The zero-order chi connectivity index (χ0) is 11.3. The van der Waals surface area contributed by atoms with E-state index >= 15 is 0 Å². The summed E-state index contributed by atoms with van der Waals surface area (Å²) in [5.74, 6) is 0.318. The van der Waals surface area contributed by atoms with Gasteiger partial charge in [-0.2, -0.15) is 0 Å². The molecule has 0 N–H and O–H groups in total. The number of nitrogens with zero attached hydrogens (tertiary/aromatic N) is 1. The van der Waals surface area contributed by atoms with Gasteiger partial charge in [-0.25, -0.2) is 0 Å². The van der Waals surface area contributed by atoms with Crippen LogP contribution in [-0.4, -0.2) is 31.3 Å². The van der Waals surface area contributed by atoms with Gasteiger partial charge in [0.2, 0.25) is 0 Å². The van der Waals surface area contributed by atoms with E-state index in [1.165, 1.54) is 5.56 Å². The van der Waals surface area contributed by atoms with Crippen LogP contribution in [0.4, 0.5) is 0 Å². The Balaban J connectivity index is 2.48. The third-order valence-corrected chi connectivity index (χ3v) is 2.49. The topological polar surface area (TPSA) is 20.3 Å². The lowest BCUT2D eigenvalue weighted by molar-refractivity contribution is -0.118. The molecule has 1 rings (SSSR count). The van der Waals surface area contributed by atoms with Crippen molar-refractivity contribution < 1.29 is 4.79 Å². The first-order chi connectivity index (χ1) is 7.09. The monoisotopic (exact) mass is 205 g/mol. The van der Waals surface area contributed by atoms with E-state index in [1.54, 1.807) is 0 Å². The van der Waals surface area contributed by atoms with Crippen molar-refractivity contribution in [2.75, 3.05) is 20.6 Å².